The molecule has 18 heavy (non-hydrogen) atoms. The van der Waals surface area contributed by atoms with Gasteiger partial charge in [0, 0.05) is 12.7 Å². The third kappa shape index (κ3) is 4.14. The minimum absolute atomic E-state index is 0.278. The maximum absolute atomic E-state index is 11.4. The van der Waals surface area contributed by atoms with Crippen molar-refractivity contribution in [2.45, 2.75) is 52.1 Å². The summed E-state index contributed by atoms with van der Waals surface area (Å²) in [6, 6.07) is 1.99. The molecule has 0 saturated heterocycles. The van der Waals surface area contributed by atoms with E-state index >= 15 is 0 Å². The minimum atomic E-state index is -0.589. The van der Waals surface area contributed by atoms with Gasteiger partial charge in [0.15, 0.2) is 0 Å². The van der Waals surface area contributed by atoms with Gasteiger partial charge in [-0.1, -0.05) is 6.92 Å². The Kier molecular flexibility index (Phi) is 5.34. The molecule has 1 amide bonds. The molecule has 0 bridgehead atoms. The van der Waals surface area contributed by atoms with Crippen LogP contribution in [0, 0.1) is 6.92 Å². The van der Waals surface area contributed by atoms with Crippen LogP contribution in [-0.2, 0) is 11.3 Å². The summed E-state index contributed by atoms with van der Waals surface area (Å²) in [5.74, 6) is -0.278. The van der Waals surface area contributed by atoms with Gasteiger partial charge in [-0.15, -0.1) is 0 Å². The molecule has 1 unspecified atom stereocenters. The number of hydrogen-bond acceptors (Lipinski definition) is 3. The van der Waals surface area contributed by atoms with Gasteiger partial charge in [-0.25, -0.2) is 0 Å². The lowest BCUT2D eigenvalue weighted by atomic mass is 9.94. The van der Waals surface area contributed by atoms with Crippen molar-refractivity contribution in [2.24, 2.45) is 5.73 Å². The number of amides is 1. The Bertz CT molecular complexity index is 388. The number of hydrogen-bond donors (Lipinski definition) is 2. The maximum Gasteiger partial charge on any atom is 0.237 e. The number of aryl methyl sites for hydroxylation is 2. The molecule has 5 heteroatoms. The summed E-state index contributed by atoms with van der Waals surface area (Å²) in [5.41, 5.74) is 5.88. The van der Waals surface area contributed by atoms with Crippen LogP contribution in [0.2, 0.25) is 0 Å². The van der Waals surface area contributed by atoms with Crippen molar-refractivity contribution in [3.8, 4) is 0 Å². The number of nitrogens with zero attached hydrogens (tertiary/aromatic N) is 2. The highest BCUT2D eigenvalue weighted by molar-refractivity contribution is 5.84. The molecule has 0 aliphatic rings. The lowest BCUT2D eigenvalue weighted by Gasteiger charge is -2.26. The van der Waals surface area contributed by atoms with Crippen LogP contribution in [0.25, 0.3) is 0 Å². The first kappa shape index (κ1) is 14.7. The van der Waals surface area contributed by atoms with Crippen LogP contribution >= 0.6 is 0 Å². The van der Waals surface area contributed by atoms with Gasteiger partial charge in [-0.3, -0.25) is 9.48 Å². The quantitative estimate of drug-likeness (QED) is 0.683. The molecule has 0 saturated carbocycles. The van der Waals surface area contributed by atoms with Gasteiger partial charge < -0.3 is 11.1 Å². The van der Waals surface area contributed by atoms with E-state index in [0.29, 0.717) is 0 Å². The molecule has 0 aliphatic heterocycles. The molecule has 1 aromatic heterocycles. The van der Waals surface area contributed by atoms with Crippen LogP contribution in [-0.4, -0.2) is 27.8 Å². The second-order valence-corrected chi connectivity index (χ2v) is 4.90. The maximum atomic E-state index is 11.4. The third-order valence-corrected chi connectivity index (χ3v) is 3.20. The van der Waals surface area contributed by atoms with E-state index in [-0.39, 0.29) is 5.91 Å². The number of primary amides is 1. The van der Waals surface area contributed by atoms with E-state index in [2.05, 4.69) is 10.4 Å². The molecule has 1 heterocycles. The highest BCUT2D eigenvalue weighted by Gasteiger charge is 2.28. The third-order valence-electron chi connectivity index (χ3n) is 3.20. The Morgan fingerprint density at radius 1 is 1.56 bits per heavy atom. The SMILES string of the molecule is CCNC(C)(CCCCn1ccc(C)n1)C(N)=O. The number of aromatic nitrogens is 2. The molecular weight excluding hydrogens is 228 g/mol. The molecule has 3 N–H and O–H groups in total. The summed E-state index contributed by atoms with van der Waals surface area (Å²) >= 11 is 0. The van der Waals surface area contributed by atoms with E-state index in [4.69, 9.17) is 5.73 Å². The zero-order valence-electron chi connectivity index (χ0n) is 11.6. The molecule has 5 nitrogen and oxygen atoms in total. The number of nitrogens with two attached hydrogens (primary N) is 1. The van der Waals surface area contributed by atoms with Crippen LogP contribution in [0.5, 0.6) is 0 Å². The van der Waals surface area contributed by atoms with E-state index in [0.717, 1.165) is 38.0 Å². The van der Waals surface area contributed by atoms with E-state index in [1.54, 1.807) is 0 Å². The Balaban J connectivity index is 2.33. The van der Waals surface area contributed by atoms with Crippen molar-refractivity contribution in [3.63, 3.8) is 0 Å². The van der Waals surface area contributed by atoms with E-state index in [1.807, 2.05) is 37.7 Å². The summed E-state index contributed by atoms with van der Waals surface area (Å²) in [7, 11) is 0. The fourth-order valence-corrected chi connectivity index (χ4v) is 2.03. The van der Waals surface area contributed by atoms with Crippen LogP contribution < -0.4 is 11.1 Å². The predicted octanol–water partition coefficient (Wildman–Crippen LogP) is 1.22. The molecule has 0 spiro atoms. The molecule has 0 radical (unpaired) electrons. The average Bonchev–Trinajstić information content (AvgIpc) is 2.71. The molecule has 0 aromatic carbocycles. The highest BCUT2D eigenvalue weighted by atomic mass is 16.1. The van der Waals surface area contributed by atoms with Crippen LogP contribution in [0.1, 0.15) is 38.8 Å². The van der Waals surface area contributed by atoms with Gasteiger partial charge in [0.1, 0.15) is 0 Å². The molecule has 1 atom stereocenters. The molecule has 1 aromatic rings. The van der Waals surface area contributed by atoms with Crippen LogP contribution in [0.15, 0.2) is 12.3 Å². The Labute approximate surface area is 109 Å². The van der Waals surface area contributed by atoms with E-state index in [9.17, 15) is 4.79 Å². The first-order chi connectivity index (χ1) is 8.48. The number of likely N-dealkylation sites (N-methyl/N-ethyl adjacent to an activating group) is 1. The van der Waals surface area contributed by atoms with Gasteiger partial charge in [0.25, 0.3) is 0 Å². The molecule has 0 aliphatic carbocycles. The van der Waals surface area contributed by atoms with Crippen molar-refractivity contribution in [2.75, 3.05) is 6.54 Å². The fraction of sp³-hybridized carbons (Fsp3) is 0.692. The molecule has 102 valence electrons. The lowest BCUT2D eigenvalue weighted by Crippen LogP contribution is -2.52. The van der Waals surface area contributed by atoms with Crippen molar-refractivity contribution in [3.05, 3.63) is 18.0 Å². The number of carbonyl (C=O) groups is 1. The second-order valence-electron chi connectivity index (χ2n) is 4.90. The van der Waals surface area contributed by atoms with Gasteiger partial charge in [-0.2, -0.15) is 5.10 Å². The summed E-state index contributed by atoms with van der Waals surface area (Å²) in [6.45, 7) is 7.46. The monoisotopic (exact) mass is 252 g/mol. The molecule has 0 fully saturated rings. The zero-order valence-corrected chi connectivity index (χ0v) is 11.6. The minimum Gasteiger partial charge on any atom is -0.368 e. The summed E-state index contributed by atoms with van der Waals surface area (Å²) in [4.78, 5) is 11.4. The average molecular weight is 252 g/mol. The van der Waals surface area contributed by atoms with Crippen molar-refractivity contribution < 1.29 is 4.79 Å². The first-order valence-corrected chi connectivity index (χ1v) is 6.53. The summed E-state index contributed by atoms with van der Waals surface area (Å²) in [6.07, 6.45) is 4.68. The second kappa shape index (κ2) is 6.54. The highest BCUT2D eigenvalue weighted by Crippen LogP contribution is 2.14. The lowest BCUT2D eigenvalue weighted by molar-refractivity contribution is -0.124. The molecular formula is C13H24N4O. The van der Waals surface area contributed by atoms with Gasteiger partial charge in [-0.05, 0) is 45.7 Å². The topological polar surface area (TPSA) is 72.9 Å². The number of rotatable bonds is 8. The molecule has 1 rings (SSSR count). The Hall–Kier alpha value is -1.36. The number of unbranched alkanes of at least 4 members (excludes halogenated alkanes) is 1. The summed E-state index contributed by atoms with van der Waals surface area (Å²) in [5, 5.41) is 7.49. The van der Waals surface area contributed by atoms with Crippen molar-refractivity contribution >= 4 is 5.91 Å². The Morgan fingerprint density at radius 2 is 2.28 bits per heavy atom. The standard InChI is InChI=1S/C13H24N4O/c1-4-15-13(3,12(14)18)8-5-6-9-17-10-7-11(2)16-17/h7,10,15H,4-6,8-9H2,1-3H3,(H2,14,18). The van der Waals surface area contributed by atoms with Crippen molar-refractivity contribution in [1.29, 1.82) is 0 Å². The van der Waals surface area contributed by atoms with Gasteiger partial charge >= 0.3 is 0 Å². The number of carbonyl (C=O) groups excluding carboxylic acids is 1. The van der Waals surface area contributed by atoms with Crippen LogP contribution in [0.4, 0.5) is 0 Å². The van der Waals surface area contributed by atoms with Crippen LogP contribution in [0.3, 0.4) is 0 Å². The van der Waals surface area contributed by atoms with Crippen molar-refractivity contribution in [1.82, 2.24) is 15.1 Å². The predicted molar refractivity (Wildman–Crippen MR) is 72.1 cm³/mol. The normalized spacial score (nSPS) is 14.4. The van der Waals surface area contributed by atoms with Gasteiger partial charge in [0.05, 0.1) is 11.2 Å². The Morgan fingerprint density at radius 3 is 2.78 bits per heavy atom. The summed E-state index contributed by atoms with van der Waals surface area (Å²) < 4.78 is 1.93. The smallest absolute Gasteiger partial charge is 0.237 e. The fourth-order valence-electron chi connectivity index (χ4n) is 2.03. The van der Waals surface area contributed by atoms with E-state index < -0.39 is 5.54 Å². The van der Waals surface area contributed by atoms with E-state index in [1.165, 1.54) is 0 Å². The largest absolute Gasteiger partial charge is 0.368 e. The zero-order chi connectivity index (χ0) is 13.6. The first-order valence-electron chi connectivity index (χ1n) is 6.53. The number of nitrogens with one attached hydrogen (secondary N) is 1. The van der Waals surface area contributed by atoms with Gasteiger partial charge in [0.2, 0.25) is 5.91 Å².